The molecule has 0 bridgehead atoms. The van der Waals surface area contributed by atoms with E-state index >= 15 is 0 Å². The number of hydrogen-bond donors (Lipinski definition) is 1. The van der Waals surface area contributed by atoms with Crippen LogP contribution in [0.1, 0.15) is 23.9 Å². The van der Waals surface area contributed by atoms with Gasteiger partial charge in [-0.05, 0) is 18.6 Å². The van der Waals surface area contributed by atoms with Crippen LogP contribution in [-0.2, 0) is 18.3 Å². The van der Waals surface area contributed by atoms with Gasteiger partial charge in [-0.15, -0.1) is 0 Å². The maximum atomic E-state index is 8.95. The van der Waals surface area contributed by atoms with E-state index in [1.165, 1.54) is 5.56 Å². The zero-order valence-electron chi connectivity index (χ0n) is 10.7. The first-order valence-corrected chi connectivity index (χ1v) is 5.89. The SMILES string of the molecule is Cc1c(CNCC2(C)COC2)cc(C#N)n1C. The molecule has 0 aliphatic carbocycles. The predicted molar refractivity (Wildman–Crippen MR) is 65.5 cm³/mol. The Hall–Kier alpha value is -1.31. The van der Waals surface area contributed by atoms with E-state index in [4.69, 9.17) is 10.00 Å². The molecule has 2 heterocycles. The van der Waals surface area contributed by atoms with Gasteiger partial charge in [-0.2, -0.15) is 5.26 Å². The van der Waals surface area contributed by atoms with E-state index in [0.29, 0.717) is 5.41 Å². The third kappa shape index (κ3) is 2.36. The molecule has 0 saturated carbocycles. The summed E-state index contributed by atoms with van der Waals surface area (Å²) in [5.41, 5.74) is 3.37. The van der Waals surface area contributed by atoms with Gasteiger partial charge in [-0.1, -0.05) is 6.92 Å². The van der Waals surface area contributed by atoms with Gasteiger partial charge >= 0.3 is 0 Å². The lowest BCUT2D eigenvalue weighted by molar-refractivity contribution is -0.0991. The summed E-state index contributed by atoms with van der Waals surface area (Å²) in [7, 11) is 1.93. The van der Waals surface area contributed by atoms with Crippen LogP contribution in [0.4, 0.5) is 0 Å². The number of nitrogens with zero attached hydrogens (tertiary/aromatic N) is 2. The van der Waals surface area contributed by atoms with E-state index in [1.54, 1.807) is 0 Å². The Kier molecular flexibility index (Phi) is 3.23. The molecule has 0 atom stereocenters. The molecule has 0 spiro atoms. The Morgan fingerprint density at radius 3 is 2.76 bits per heavy atom. The minimum Gasteiger partial charge on any atom is -0.380 e. The molecular formula is C13H19N3O. The van der Waals surface area contributed by atoms with E-state index in [1.807, 2.05) is 24.6 Å². The Bertz CT molecular complexity index is 452. The number of hydrogen-bond acceptors (Lipinski definition) is 3. The molecule has 1 aliphatic rings. The Morgan fingerprint density at radius 1 is 1.59 bits per heavy atom. The van der Waals surface area contributed by atoms with Crippen molar-refractivity contribution in [1.29, 1.82) is 5.26 Å². The molecule has 1 aromatic rings. The highest BCUT2D eigenvalue weighted by atomic mass is 16.5. The van der Waals surface area contributed by atoms with Crippen molar-refractivity contribution in [3.05, 3.63) is 23.0 Å². The molecule has 1 aliphatic heterocycles. The van der Waals surface area contributed by atoms with Gasteiger partial charge in [-0.3, -0.25) is 0 Å². The summed E-state index contributed by atoms with van der Waals surface area (Å²) in [5, 5.41) is 12.4. The van der Waals surface area contributed by atoms with Crippen LogP contribution in [0, 0.1) is 23.7 Å². The fourth-order valence-electron chi connectivity index (χ4n) is 2.10. The molecule has 0 radical (unpaired) electrons. The molecule has 1 saturated heterocycles. The second kappa shape index (κ2) is 4.52. The molecule has 1 aromatic heterocycles. The van der Waals surface area contributed by atoms with Crippen LogP contribution in [0.15, 0.2) is 6.07 Å². The molecule has 1 N–H and O–H groups in total. The van der Waals surface area contributed by atoms with Crippen molar-refractivity contribution in [3.8, 4) is 6.07 Å². The number of nitrogens with one attached hydrogen (secondary N) is 1. The fourth-order valence-corrected chi connectivity index (χ4v) is 2.10. The topological polar surface area (TPSA) is 50.0 Å². The quantitative estimate of drug-likeness (QED) is 0.853. The summed E-state index contributed by atoms with van der Waals surface area (Å²) in [4.78, 5) is 0. The summed E-state index contributed by atoms with van der Waals surface area (Å²) in [6, 6.07) is 4.16. The van der Waals surface area contributed by atoms with Crippen molar-refractivity contribution in [1.82, 2.24) is 9.88 Å². The summed E-state index contributed by atoms with van der Waals surface area (Å²) < 4.78 is 7.15. The molecule has 92 valence electrons. The van der Waals surface area contributed by atoms with Crippen molar-refractivity contribution in [2.75, 3.05) is 19.8 Å². The van der Waals surface area contributed by atoms with Gasteiger partial charge in [0.2, 0.25) is 0 Å². The first-order valence-electron chi connectivity index (χ1n) is 5.89. The lowest BCUT2D eigenvalue weighted by Crippen LogP contribution is -2.47. The maximum Gasteiger partial charge on any atom is 0.120 e. The smallest absolute Gasteiger partial charge is 0.120 e. The molecule has 17 heavy (non-hydrogen) atoms. The number of rotatable bonds is 4. The minimum absolute atomic E-state index is 0.292. The Morgan fingerprint density at radius 2 is 2.29 bits per heavy atom. The molecule has 2 rings (SSSR count). The third-order valence-electron chi connectivity index (χ3n) is 3.52. The van der Waals surface area contributed by atoms with E-state index in [-0.39, 0.29) is 0 Å². The number of nitriles is 1. The monoisotopic (exact) mass is 233 g/mol. The average Bonchev–Trinajstić information content (AvgIpc) is 2.54. The highest BCUT2D eigenvalue weighted by Crippen LogP contribution is 2.25. The van der Waals surface area contributed by atoms with Gasteiger partial charge in [0.15, 0.2) is 0 Å². The first kappa shape index (κ1) is 12.2. The van der Waals surface area contributed by atoms with Crippen molar-refractivity contribution in [3.63, 3.8) is 0 Å². The van der Waals surface area contributed by atoms with Crippen molar-refractivity contribution < 1.29 is 4.74 Å². The first-order chi connectivity index (χ1) is 8.06. The van der Waals surface area contributed by atoms with E-state index in [9.17, 15) is 0 Å². The summed E-state index contributed by atoms with van der Waals surface area (Å²) in [6.45, 7) is 7.74. The highest BCUT2D eigenvalue weighted by Gasteiger charge is 2.32. The van der Waals surface area contributed by atoms with E-state index < -0.39 is 0 Å². The molecule has 1 fully saturated rings. The largest absolute Gasteiger partial charge is 0.380 e. The molecule has 0 amide bonds. The van der Waals surface area contributed by atoms with Gasteiger partial charge in [0, 0.05) is 31.2 Å². The van der Waals surface area contributed by atoms with Crippen LogP contribution in [0.25, 0.3) is 0 Å². The normalized spacial score (nSPS) is 17.5. The number of ether oxygens (including phenoxy) is 1. The second-order valence-electron chi connectivity index (χ2n) is 5.22. The van der Waals surface area contributed by atoms with Gasteiger partial charge < -0.3 is 14.6 Å². The van der Waals surface area contributed by atoms with Crippen molar-refractivity contribution >= 4 is 0 Å². The average molecular weight is 233 g/mol. The molecule has 4 heteroatoms. The minimum atomic E-state index is 0.292. The molecular weight excluding hydrogens is 214 g/mol. The van der Waals surface area contributed by atoms with Gasteiger partial charge in [0.25, 0.3) is 0 Å². The second-order valence-corrected chi connectivity index (χ2v) is 5.22. The fraction of sp³-hybridized carbons (Fsp3) is 0.615. The Labute approximate surface area is 102 Å². The van der Waals surface area contributed by atoms with E-state index in [0.717, 1.165) is 37.7 Å². The van der Waals surface area contributed by atoms with Gasteiger partial charge in [0.05, 0.1) is 13.2 Å². The van der Waals surface area contributed by atoms with Crippen LogP contribution in [0.3, 0.4) is 0 Å². The Balaban J connectivity index is 1.93. The summed E-state index contributed by atoms with van der Waals surface area (Å²) in [6.07, 6.45) is 0. The van der Waals surface area contributed by atoms with Gasteiger partial charge in [0.1, 0.15) is 11.8 Å². The zero-order chi connectivity index (χ0) is 12.5. The van der Waals surface area contributed by atoms with Crippen LogP contribution in [0.2, 0.25) is 0 Å². The highest BCUT2D eigenvalue weighted by molar-refractivity contribution is 5.34. The summed E-state index contributed by atoms with van der Waals surface area (Å²) >= 11 is 0. The van der Waals surface area contributed by atoms with Crippen molar-refractivity contribution in [2.45, 2.75) is 20.4 Å². The van der Waals surface area contributed by atoms with Gasteiger partial charge in [-0.25, -0.2) is 0 Å². The molecule has 0 aromatic carbocycles. The van der Waals surface area contributed by atoms with Crippen LogP contribution in [0.5, 0.6) is 0 Å². The zero-order valence-corrected chi connectivity index (χ0v) is 10.7. The van der Waals surface area contributed by atoms with Crippen LogP contribution >= 0.6 is 0 Å². The van der Waals surface area contributed by atoms with Crippen LogP contribution < -0.4 is 5.32 Å². The predicted octanol–water partition coefficient (Wildman–Crippen LogP) is 1.33. The lowest BCUT2D eigenvalue weighted by Gasteiger charge is -2.38. The molecule has 0 unspecified atom stereocenters. The summed E-state index contributed by atoms with van der Waals surface area (Å²) in [5.74, 6) is 0. The molecule has 4 nitrogen and oxygen atoms in total. The van der Waals surface area contributed by atoms with Crippen molar-refractivity contribution in [2.24, 2.45) is 12.5 Å². The lowest BCUT2D eigenvalue weighted by atomic mass is 9.89. The number of aromatic nitrogens is 1. The standard InChI is InChI=1S/C13H19N3O/c1-10-11(4-12(5-14)16(10)3)6-15-7-13(2)8-17-9-13/h4,15H,6-9H2,1-3H3. The maximum absolute atomic E-state index is 8.95. The third-order valence-corrected chi connectivity index (χ3v) is 3.52. The van der Waals surface area contributed by atoms with E-state index in [2.05, 4.69) is 18.3 Å². The van der Waals surface area contributed by atoms with Crippen LogP contribution in [-0.4, -0.2) is 24.3 Å².